The number of fused-ring (bicyclic) bond motifs is 3. The average molecular weight is 1050 g/mol. The van der Waals surface area contributed by atoms with E-state index in [0.29, 0.717) is 86.6 Å². The first kappa shape index (κ1) is 54.0. The van der Waals surface area contributed by atoms with Gasteiger partial charge in [0.2, 0.25) is 11.8 Å². The molecule has 0 saturated carbocycles. The lowest BCUT2D eigenvalue weighted by Crippen LogP contribution is -2.49. The Morgan fingerprint density at radius 3 is 2.47 bits per heavy atom. The molecule has 1 unspecified atom stereocenters. The number of hydrogen-bond donors (Lipinski definition) is 5. The third-order valence-corrected chi connectivity index (χ3v) is 15.1. The number of aliphatic hydroxyl groups is 1. The number of carbonyl (C=O) groups is 3. The zero-order valence-electron chi connectivity index (χ0n) is 43.1. The lowest BCUT2D eigenvalue weighted by atomic mass is 9.89. The van der Waals surface area contributed by atoms with E-state index < -0.39 is 5.60 Å². The van der Waals surface area contributed by atoms with Crippen LogP contribution in [0.15, 0.2) is 90.2 Å². The van der Waals surface area contributed by atoms with Gasteiger partial charge >= 0.3 is 0 Å². The highest BCUT2D eigenvalue weighted by Gasteiger charge is 2.34. The fraction of sp³-hybridized carbons (Fsp3) is 0.429. The van der Waals surface area contributed by atoms with Gasteiger partial charge in [-0.05, 0) is 80.9 Å². The molecule has 2 aliphatic rings. The molecule has 0 aliphatic carbocycles. The highest BCUT2D eigenvalue weighted by Crippen LogP contribution is 2.42. The van der Waals surface area contributed by atoms with Crippen molar-refractivity contribution in [2.45, 2.75) is 89.9 Å². The predicted octanol–water partition coefficient (Wildman–Crippen LogP) is 8.25. The third kappa shape index (κ3) is 13.3. The van der Waals surface area contributed by atoms with E-state index in [-0.39, 0.29) is 17.5 Å². The average Bonchev–Trinajstić information content (AvgIpc) is 4.12. The standard InChI is InChI=1S/C56H70Cl2N12O4/c1-38(42-11-7-6-8-12-42)31-39(2)68-28-20-56(74,21-29-68)36-66(4)37-62-53-49(35-71)64-67(5)55(53)43-16-14-41(15-17-43)33-60-24-10-23-59-22-9-13-50(73)61-25-30-70-27-19-48(65-70)44-32-46(57)52(58)54-51(44)45-34-69(40(3)72)26-18-47(45)63-54/h6-8,11-12,14-17,19,27,32,35,37-38,59-60,63,74H,2,9-10,13,18,20-26,28-31,33-34,36H2,1,3-5H3,(H,61,73). The maximum Gasteiger partial charge on any atom is 0.220 e. The Labute approximate surface area is 444 Å². The minimum atomic E-state index is -0.870. The van der Waals surface area contributed by atoms with Crippen molar-refractivity contribution in [3.05, 3.63) is 123 Å². The summed E-state index contributed by atoms with van der Waals surface area (Å²) >= 11 is 13.2. The van der Waals surface area contributed by atoms with Crippen LogP contribution >= 0.6 is 23.2 Å². The van der Waals surface area contributed by atoms with E-state index in [1.807, 2.05) is 65.1 Å². The number of benzene rings is 3. The molecule has 16 nitrogen and oxygen atoms in total. The number of hydrogen-bond acceptors (Lipinski definition) is 10. The number of aryl methyl sites for hydroxylation is 1. The van der Waals surface area contributed by atoms with Gasteiger partial charge in [0.1, 0.15) is 5.69 Å². The van der Waals surface area contributed by atoms with Crippen molar-refractivity contribution in [2.75, 3.05) is 59.4 Å². The Kier molecular flexibility index (Phi) is 18.1. The molecule has 1 fully saturated rings. The first-order chi connectivity index (χ1) is 35.7. The molecule has 2 amide bonds. The van der Waals surface area contributed by atoms with Crippen molar-refractivity contribution in [3.8, 4) is 22.5 Å². The van der Waals surface area contributed by atoms with Gasteiger partial charge in [-0.15, -0.1) is 0 Å². The van der Waals surface area contributed by atoms with Gasteiger partial charge in [-0.25, -0.2) is 4.99 Å². The highest BCUT2D eigenvalue weighted by atomic mass is 35.5. The number of aromatic nitrogens is 5. The number of carbonyl (C=O) groups excluding carboxylic acids is 3. The second-order valence-electron chi connectivity index (χ2n) is 19.9. The molecule has 0 radical (unpaired) electrons. The molecule has 6 aromatic rings. The van der Waals surface area contributed by atoms with Gasteiger partial charge in [0, 0.05) is 119 Å². The summed E-state index contributed by atoms with van der Waals surface area (Å²) in [5, 5.41) is 32.6. The number of aromatic amines is 1. The second kappa shape index (κ2) is 24.8. The summed E-state index contributed by atoms with van der Waals surface area (Å²) in [7, 11) is 3.71. The molecule has 1 saturated heterocycles. The smallest absolute Gasteiger partial charge is 0.220 e. The Morgan fingerprint density at radius 2 is 1.73 bits per heavy atom. The zero-order chi connectivity index (χ0) is 52.4. The predicted molar refractivity (Wildman–Crippen MR) is 295 cm³/mol. The van der Waals surface area contributed by atoms with Gasteiger partial charge in [0.25, 0.3) is 0 Å². The lowest BCUT2D eigenvalue weighted by Gasteiger charge is -2.41. The van der Waals surface area contributed by atoms with Crippen LogP contribution in [0.1, 0.15) is 91.2 Å². The summed E-state index contributed by atoms with van der Waals surface area (Å²) in [6.45, 7) is 15.3. The number of nitrogens with one attached hydrogen (secondary N) is 4. The first-order valence-corrected chi connectivity index (χ1v) is 26.5. The number of allylic oxidation sites excluding steroid dienone is 1. The van der Waals surface area contributed by atoms with E-state index in [4.69, 9.17) is 33.3 Å². The van der Waals surface area contributed by atoms with Crippen molar-refractivity contribution in [1.29, 1.82) is 0 Å². The van der Waals surface area contributed by atoms with Gasteiger partial charge in [-0.2, -0.15) is 10.2 Å². The molecule has 18 heteroatoms. The zero-order valence-corrected chi connectivity index (χ0v) is 44.6. The van der Waals surface area contributed by atoms with Gasteiger partial charge in [-0.3, -0.25) is 23.7 Å². The van der Waals surface area contributed by atoms with Gasteiger partial charge in [-0.1, -0.05) is 91.3 Å². The molecule has 2 aliphatic heterocycles. The maximum absolute atomic E-state index is 12.6. The molecular formula is C56H70Cl2N12O4. The van der Waals surface area contributed by atoms with Gasteiger partial charge in [0.15, 0.2) is 12.0 Å². The monoisotopic (exact) mass is 1040 g/mol. The van der Waals surface area contributed by atoms with E-state index in [0.717, 1.165) is 114 Å². The van der Waals surface area contributed by atoms with Crippen molar-refractivity contribution in [2.24, 2.45) is 12.0 Å². The lowest BCUT2D eigenvalue weighted by molar-refractivity contribution is -0.129. The van der Waals surface area contributed by atoms with Crippen LogP contribution in [0.25, 0.3) is 33.4 Å². The summed E-state index contributed by atoms with van der Waals surface area (Å²) in [5.74, 6) is 0.406. The largest absolute Gasteiger partial charge is 0.388 e. The van der Waals surface area contributed by atoms with E-state index in [2.05, 4.69) is 80.8 Å². The summed E-state index contributed by atoms with van der Waals surface area (Å²) in [6, 6.07) is 22.5. The topological polar surface area (TPSA) is 181 Å². The Balaban J connectivity index is 0.710. The Morgan fingerprint density at radius 1 is 0.986 bits per heavy atom. The van der Waals surface area contributed by atoms with Crippen LogP contribution in [0, 0.1) is 0 Å². The van der Waals surface area contributed by atoms with Crippen LogP contribution in [0.4, 0.5) is 5.69 Å². The molecule has 74 heavy (non-hydrogen) atoms. The number of aldehydes is 1. The number of H-pyrrole nitrogens is 1. The minimum Gasteiger partial charge on any atom is -0.388 e. The van der Waals surface area contributed by atoms with Crippen LogP contribution in [-0.2, 0) is 42.7 Å². The number of likely N-dealkylation sites (tertiary alicyclic amines) is 1. The molecule has 1 atom stereocenters. The Bertz CT molecular complexity index is 2940. The summed E-state index contributed by atoms with van der Waals surface area (Å²) in [6.07, 6.45) is 9.24. The number of likely N-dealkylation sites (N-methyl/N-ethyl adjacent to an activating group) is 1. The van der Waals surface area contributed by atoms with Gasteiger partial charge < -0.3 is 40.7 Å². The second-order valence-corrected chi connectivity index (χ2v) is 20.7. The highest BCUT2D eigenvalue weighted by molar-refractivity contribution is 6.45. The molecule has 392 valence electrons. The normalized spacial score (nSPS) is 14.9. The fourth-order valence-corrected chi connectivity index (χ4v) is 10.6. The first-order valence-electron chi connectivity index (χ1n) is 25.7. The maximum atomic E-state index is 12.6. The molecule has 5 N–H and O–H groups in total. The molecule has 0 spiro atoms. The van der Waals surface area contributed by atoms with Crippen LogP contribution in [0.2, 0.25) is 10.0 Å². The van der Waals surface area contributed by atoms with E-state index in [1.54, 1.807) is 17.9 Å². The molecule has 8 rings (SSSR count). The summed E-state index contributed by atoms with van der Waals surface area (Å²) in [4.78, 5) is 51.2. The molecule has 0 bridgehead atoms. The number of rotatable bonds is 24. The van der Waals surface area contributed by atoms with E-state index in [1.165, 1.54) is 5.56 Å². The fourth-order valence-electron chi connectivity index (χ4n) is 10.2. The summed E-state index contributed by atoms with van der Waals surface area (Å²) in [5.41, 5.74) is 9.48. The quantitative estimate of drug-likeness (QED) is 0.0172. The molecule has 5 heterocycles. The molecular weight excluding hydrogens is 976 g/mol. The van der Waals surface area contributed by atoms with Crippen molar-refractivity contribution in [1.82, 2.24) is 55.2 Å². The van der Waals surface area contributed by atoms with Crippen molar-refractivity contribution < 1.29 is 19.5 Å². The number of halogens is 2. The summed E-state index contributed by atoms with van der Waals surface area (Å²) < 4.78 is 3.50. The van der Waals surface area contributed by atoms with Crippen LogP contribution in [0.5, 0.6) is 0 Å². The minimum absolute atomic E-state index is 0.00163. The number of nitrogens with zero attached hydrogens (tertiary/aromatic N) is 8. The van der Waals surface area contributed by atoms with E-state index in [9.17, 15) is 19.5 Å². The molecule has 3 aromatic carbocycles. The van der Waals surface area contributed by atoms with Crippen molar-refractivity contribution >= 4 is 64.2 Å². The van der Waals surface area contributed by atoms with Crippen LogP contribution < -0.4 is 16.0 Å². The number of aliphatic imine (C=N–C) groups is 1. The third-order valence-electron chi connectivity index (χ3n) is 14.3. The van der Waals surface area contributed by atoms with Crippen LogP contribution in [-0.4, -0.2) is 134 Å². The number of amides is 2. The van der Waals surface area contributed by atoms with E-state index >= 15 is 0 Å². The number of piperidine rings is 1. The molecule has 3 aromatic heterocycles. The van der Waals surface area contributed by atoms with Crippen LogP contribution in [0.3, 0.4) is 0 Å². The SMILES string of the molecule is C=C(CC(C)c1ccccc1)N1CCC(O)(CN(C)C=Nc2c(C=O)nn(C)c2-c2ccc(CNCCCNCCCC(=O)NCCn3ccc(-c4cc(Cl)c(Cl)c5[nH]c6c(c45)CN(C(C)=O)CC6)n3)cc2)CC1. The van der Waals surface area contributed by atoms with Gasteiger partial charge in [0.05, 0.1) is 45.4 Å². The Hall–Kier alpha value is -6.30. The van der Waals surface area contributed by atoms with Crippen molar-refractivity contribution in [3.63, 3.8) is 0 Å².